The summed E-state index contributed by atoms with van der Waals surface area (Å²) in [5, 5.41) is 9.96. The number of pyridine rings is 1. The van der Waals surface area contributed by atoms with Gasteiger partial charge in [0.25, 0.3) is 0 Å². The molecule has 2 unspecified atom stereocenters. The fourth-order valence-corrected chi connectivity index (χ4v) is 1.86. The van der Waals surface area contributed by atoms with Gasteiger partial charge in [-0.15, -0.1) is 0 Å². The normalized spacial score (nSPS) is 22.9. The molecule has 1 saturated heterocycles. The van der Waals surface area contributed by atoms with E-state index in [0.717, 1.165) is 18.6 Å². The summed E-state index contributed by atoms with van der Waals surface area (Å²) in [6, 6.07) is 1.76. The van der Waals surface area contributed by atoms with Crippen molar-refractivity contribution in [2.24, 2.45) is 5.92 Å². The van der Waals surface area contributed by atoms with Gasteiger partial charge in [0.05, 0.1) is 12.7 Å². The van der Waals surface area contributed by atoms with Gasteiger partial charge in [-0.3, -0.25) is 4.98 Å². The largest absolute Gasteiger partial charge is 0.398 e. The van der Waals surface area contributed by atoms with Crippen LogP contribution in [0, 0.1) is 5.92 Å². The van der Waals surface area contributed by atoms with Crippen LogP contribution in [0.3, 0.4) is 0 Å². The van der Waals surface area contributed by atoms with Gasteiger partial charge in [0, 0.05) is 37.0 Å². The smallest absolute Gasteiger partial charge is 0.0632 e. The average Bonchev–Trinajstić information content (AvgIpc) is 2.74. The fourth-order valence-electron chi connectivity index (χ4n) is 1.86. The molecule has 1 aromatic heterocycles. The monoisotopic (exact) mass is 208 g/mol. The number of hydrogen-bond donors (Lipinski definition) is 2. The van der Waals surface area contributed by atoms with E-state index >= 15 is 0 Å². The Balaban J connectivity index is 1.99. The van der Waals surface area contributed by atoms with E-state index in [1.807, 2.05) is 0 Å². The van der Waals surface area contributed by atoms with Gasteiger partial charge in [0.2, 0.25) is 0 Å². The molecule has 1 aliphatic rings. The first-order valence-electron chi connectivity index (χ1n) is 5.21. The fraction of sp³-hybridized carbons (Fsp3) is 0.545. The number of nitrogen functional groups attached to an aromatic ring is 1. The first-order chi connectivity index (χ1) is 7.27. The van der Waals surface area contributed by atoms with Crippen molar-refractivity contribution in [3.05, 3.63) is 24.0 Å². The molecule has 0 bridgehead atoms. The number of aliphatic hydroxyl groups is 1. The Morgan fingerprint density at radius 3 is 3.20 bits per heavy atom. The van der Waals surface area contributed by atoms with Crippen molar-refractivity contribution in [1.82, 2.24) is 4.98 Å². The Bertz CT molecular complexity index is 324. The first kappa shape index (κ1) is 10.4. The molecule has 2 rings (SSSR count). The molecule has 1 fully saturated rings. The van der Waals surface area contributed by atoms with Crippen molar-refractivity contribution in [3.8, 4) is 0 Å². The van der Waals surface area contributed by atoms with Gasteiger partial charge in [-0.05, 0) is 18.1 Å². The summed E-state index contributed by atoms with van der Waals surface area (Å²) in [5.41, 5.74) is 7.40. The molecule has 2 atom stereocenters. The molecular weight excluding hydrogens is 192 g/mol. The van der Waals surface area contributed by atoms with Crippen LogP contribution in [0.1, 0.15) is 12.0 Å². The number of aromatic nitrogens is 1. The highest BCUT2D eigenvalue weighted by atomic mass is 16.5. The van der Waals surface area contributed by atoms with E-state index in [-0.39, 0.29) is 12.0 Å². The predicted octanol–water partition coefficient (Wildman–Crippen LogP) is 0.604. The Kier molecular flexibility index (Phi) is 3.18. The SMILES string of the molecule is Nc1ccncc1CC(O)C1CCOC1. The number of rotatable bonds is 3. The molecule has 0 saturated carbocycles. The number of nitrogens with two attached hydrogens (primary N) is 1. The Labute approximate surface area is 89.1 Å². The molecule has 82 valence electrons. The highest BCUT2D eigenvalue weighted by molar-refractivity contribution is 5.44. The minimum atomic E-state index is -0.376. The van der Waals surface area contributed by atoms with E-state index in [9.17, 15) is 5.11 Å². The van der Waals surface area contributed by atoms with Crippen LogP contribution in [0.2, 0.25) is 0 Å². The zero-order chi connectivity index (χ0) is 10.7. The van der Waals surface area contributed by atoms with Gasteiger partial charge >= 0.3 is 0 Å². The lowest BCUT2D eigenvalue weighted by atomic mass is 9.96. The summed E-state index contributed by atoms with van der Waals surface area (Å²) >= 11 is 0. The molecule has 1 aromatic rings. The molecule has 3 N–H and O–H groups in total. The lowest BCUT2D eigenvalue weighted by Crippen LogP contribution is -2.23. The number of aliphatic hydroxyl groups excluding tert-OH is 1. The topological polar surface area (TPSA) is 68.4 Å². The summed E-state index contributed by atoms with van der Waals surface area (Å²) in [6.45, 7) is 1.41. The summed E-state index contributed by atoms with van der Waals surface area (Å²) in [5.74, 6) is 0.240. The zero-order valence-corrected chi connectivity index (χ0v) is 8.60. The number of hydrogen-bond acceptors (Lipinski definition) is 4. The molecule has 4 nitrogen and oxygen atoms in total. The standard InChI is InChI=1S/C11H16N2O2/c12-10-1-3-13-6-9(10)5-11(14)8-2-4-15-7-8/h1,3,6,8,11,14H,2,4-5,7H2,(H2,12,13). The second-order valence-corrected chi connectivity index (χ2v) is 3.97. The van der Waals surface area contributed by atoms with E-state index in [2.05, 4.69) is 4.98 Å². The first-order valence-corrected chi connectivity index (χ1v) is 5.21. The maximum Gasteiger partial charge on any atom is 0.0632 e. The van der Waals surface area contributed by atoms with Crippen LogP contribution in [0.4, 0.5) is 5.69 Å². The van der Waals surface area contributed by atoms with Crippen LogP contribution < -0.4 is 5.73 Å². The lowest BCUT2D eigenvalue weighted by Gasteiger charge is -2.16. The zero-order valence-electron chi connectivity index (χ0n) is 8.60. The van der Waals surface area contributed by atoms with Crippen molar-refractivity contribution >= 4 is 5.69 Å². The predicted molar refractivity (Wildman–Crippen MR) is 57.3 cm³/mol. The highest BCUT2D eigenvalue weighted by Gasteiger charge is 2.24. The van der Waals surface area contributed by atoms with Crippen LogP contribution in [0.5, 0.6) is 0 Å². The highest BCUT2D eigenvalue weighted by Crippen LogP contribution is 2.21. The Morgan fingerprint density at radius 1 is 1.67 bits per heavy atom. The third-order valence-electron chi connectivity index (χ3n) is 2.88. The third-order valence-corrected chi connectivity index (χ3v) is 2.88. The van der Waals surface area contributed by atoms with Gasteiger partial charge in [-0.1, -0.05) is 0 Å². The number of anilines is 1. The van der Waals surface area contributed by atoms with E-state index < -0.39 is 0 Å². The minimum Gasteiger partial charge on any atom is -0.398 e. The van der Waals surface area contributed by atoms with Crippen molar-refractivity contribution in [1.29, 1.82) is 0 Å². The molecule has 0 amide bonds. The molecule has 4 heteroatoms. The van der Waals surface area contributed by atoms with E-state index in [0.29, 0.717) is 18.7 Å². The van der Waals surface area contributed by atoms with Crippen LogP contribution in [-0.4, -0.2) is 29.4 Å². The van der Waals surface area contributed by atoms with Gasteiger partial charge in [0.15, 0.2) is 0 Å². The average molecular weight is 208 g/mol. The van der Waals surface area contributed by atoms with E-state index in [1.165, 1.54) is 0 Å². The second kappa shape index (κ2) is 4.59. The van der Waals surface area contributed by atoms with Crippen molar-refractivity contribution in [2.75, 3.05) is 18.9 Å². The van der Waals surface area contributed by atoms with Crippen LogP contribution in [0.25, 0.3) is 0 Å². The van der Waals surface area contributed by atoms with Crippen molar-refractivity contribution < 1.29 is 9.84 Å². The summed E-state index contributed by atoms with van der Waals surface area (Å²) in [7, 11) is 0. The molecule has 0 aromatic carbocycles. The van der Waals surface area contributed by atoms with Crippen molar-refractivity contribution in [3.63, 3.8) is 0 Å². The minimum absolute atomic E-state index is 0.240. The molecule has 0 aliphatic carbocycles. The van der Waals surface area contributed by atoms with Gasteiger partial charge < -0.3 is 15.6 Å². The molecular formula is C11H16N2O2. The summed E-state index contributed by atoms with van der Waals surface area (Å²) < 4.78 is 5.24. The number of nitrogens with zero attached hydrogens (tertiary/aromatic N) is 1. The van der Waals surface area contributed by atoms with Crippen molar-refractivity contribution in [2.45, 2.75) is 18.9 Å². The summed E-state index contributed by atoms with van der Waals surface area (Å²) in [4.78, 5) is 4.00. The van der Waals surface area contributed by atoms with Crippen LogP contribution in [0.15, 0.2) is 18.5 Å². The summed E-state index contributed by atoms with van der Waals surface area (Å²) in [6.07, 6.45) is 4.49. The number of ether oxygens (including phenoxy) is 1. The maximum atomic E-state index is 9.96. The molecule has 0 spiro atoms. The lowest BCUT2D eigenvalue weighted by molar-refractivity contribution is 0.0919. The Morgan fingerprint density at radius 2 is 2.53 bits per heavy atom. The van der Waals surface area contributed by atoms with Gasteiger partial charge in [0.1, 0.15) is 0 Å². The quantitative estimate of drug-likeness (QED) is 0.763. The van der Waals surface area contributed by atoms with E-state index in [4.69, 9.17) is 10.5 Å². The van der Waals surface area contributed by atoms with Crippen LogP contribution in [-0.2, 0) is 11.2 Å². The third kappa shape index (κ3) is 2.46. The molecule has 1 aliphatic heterocycles. The van der Waals surface area contributed by atoms with E-state index in [1.54, 1.807) is 18.5 Å². The van der Waals surface area contributed by atoms with Crippen LogP contribution >= 0.6 is 0 Å². The molecule has 0 radical (unpaired) electrons. The Hall–Kier alpha value is -1.13. The van der Waals surface area contributed by atoms with Gasteiger partial charge in [-0.25, -0.2) is 0 Å². The molecule has 2 heterocycles. The maximum absolute atomic E-state index is 9.96. The second-order valence-electron chi connectivity index (χ2n) is 3.97. The van der Waals surface area contributed by atoms with Gasteiger partial charge in [-0.2, -0.15) is 0 Å². The molecule has 15 heavy (non-hydrogen) atoms.